The number of nitrogens with zero attached hydrogens (tertiary/aromatic N) is 1. The molecule has 0 spiro atoms. The summed E-state index contributed by atoms with van der Waals surface area (Å²) in [4.78, 5) is 18.4. The highest BCUT2D eigenvalue weighted by molar-refractivity contribution is 7.21. The zero-order valence-electron chi connectivity index (χ0n) is 12.9. The average Bonchev–Trinajstić information content (AvgIpc) is 2.89. The highest BCUT2D eigenvalue weighted by Crippen LogP contribution is 2.35. The molecule has 0 radical (unpaired) electrons. The van der Waals surface area contributed by atoms with E-state index >= 15 is 0 Å². The van der Waals surface area contributed by atoms with E-state index in [4.69, 9.17) is 10.7 Å². The number of aromatic nitrogens is 1. The molecule has 0 unspecified atom stereocenters. The smallest absolute Gasteiger partial charge is 0.267 e. The summed E-state index contributed by atoms with van der Waals surface area (Å²) in [5.41, 5.74) is 9.40. The molecule has 2 heterocycles. The zero-order valence-corrected chi connectivity index (χ0v) is 13.8. The van der Waals surface area contributed by atoms with Crippen molar-refractivity contribution in [1.29, 1.82) is 0 Å². The lowest BCUT2D eigenvalue weighted by Gasteiger charge is -2.14. The lowest BCUT2D eigenvalue weighted by atomic mass is 9.95. The first-order valence-electron chi connectivity index (χ1n) is 7.89. The predicted octanol–water partition coefficient (Wildman–Crippen LogP) is 4.15. The van der Waals surface area contributed by atoms with Crippen LogP contribution in [0.15, 0.2) is 30.3 Å². The number of carbonyl (C=O) groups is 1. The third-order valence-electron chi connectivity index (χ3n) is 4.29. The molecule has 1 aliphatic rings. The number of anilines is 2. The Morgan fingerprint density at radius 2 is 2.08 bits per heavy atom. The van der Waals surface area contributed by atoms with Crippen LogP contribution in [0.25, 0.3) is 10.2 Å². The molecule has 6 heteroatoms. The molecule has 24 heavy (non-hydrogen) atoms. The molecule has 0 saturated heterocycles. The summed E-state index contributed by atoms with van der Waals surface area (Å²) in [7, 11) is 0. The number of nitrogens with two attached hydrogens (primary N) is 1. The van der Waals surface area contributed by atoms with Gasteiger partial charge in [-0.15, -0.1) is 11.3 Å². The van der Waals surface area contributed by atoms with Gasteiger partial charge in [-0.3, -0.25) is 4.79 Å². The second-order valence-electron chi connectivity index (χ2n) is 5.96. The number of hydrogen-bond acceptors (Lipinski definition) is 4. The van der Waals surface area contributed by atoms with Crippen molar-refractivity contribution >= 4 is 38.8 Å². The van der Waals surface area contributed by atoms with Crippen molar-refractivity contribution in [2.75, 3.05) is 11.1 Å². The summed E-state index contributed by atoms with van der Waals surface area (Å²) in [5, 5.41) is 3.53. The Labute approximate surface area is 142 Å². The van der Waals surface area contributed by atoms with E-state index in [1.54, 1.807) is 12.1 Å². The van der Waals surface area contributed by atoms with E-state index in [1.165, 1.54) is 29.0 Å². The number of thiophene rings is 1. The average molecular weight is 341 g/mol. The van der Waals surface area contributed by atoms with Gasteiger partial charge in [-0.2, -0.15) is 0 Å². The van der Waals surface area contributed by atoms with Gasteiger partial charge in [0.05, 0.1) is 5.69 Å². The predicted molar refractivity (Wildman–Crippen MR) is 95.0 cm³/mol. The summed E-state index contributed by atoms with van der Waals surface area (Å²) in [5.74, 6) is -0.731. The molecule has 1 aromatic carbocycles. The Morgan fingerprint density at radius 1 is 1.25 bits per heavy atom. The van der Waals surface area contributed by atoms with E-state index in [0.29, 0.717) is 16.3 Å². The Morgan fingerprint density at radius 3 is 2.92 bits per heavy atom. The Balaban J connectivity index is 1.71. The topological polar surface area (TPSA) is 68.0 Å². The lowest BCUT2D eigenvalue weighted by molar-refractivity contribution is 0.103. The van der Waals surface area contributed by atoms with Gasteiger partial charge in [0, 0.05) is 16.8 Å². The molecule has 0 fully saturated rings. The van der Waals surface area contributed by atoms with E-state index in [2.05, 4.69) is 11.4 Å². The Bertz CT molecular complexity index is 951. The van der Waals surface area contributed by atoms with Crippen molar-refractivity contribution in [3.05, 3.63) is 52.3 Å². The Kier molecular flexibility index (Phi) is 3.69. The molecule has 4 nitrogen and oxygen atoms in total. The molecule has 1 amide bonds. The monoisotopic (exact) mass is 341 g/mol. The van der Waals surface area contributed by atoms with Gasteiger partial charge in [0.2, 0.25) is 0 Å². The largest absolute Gasteiger partial charge is 0.397 e. The van der Waals surface area contributed by atoms with Crippen LogP contribution in [0.5, 0.6) is 0 Å². The summed E-state index contributed by atoms with van der Waals surface area (Å²) in [6.45, 7) is 0. The summed E-state index contributed by atoms with van der Waals surface area (Å²) < 4.78 is 13.3. The zero-order chi connectivity index (χ0) is 16.7. The van der Waals surface area contributed by atoms with Crippen LogP contribution in [0, 0.1) is 5.82 Å². The molecule has 3 aromatic rings. The molecular weight excluding hydrogens is 325 g/mol. The molecule has 122 valence electrons. The molecule has 0 aliphatic heterocycles. The minimum Gasteiger partial charge on any atom is -0.397 e. The summed E-state index contributed by atoms with van der Waals surface area (Å²) in [6.07, 6.45) is 4.31. The van der Waals surface area contributed by atoms with Crippen LogP contribution in [0.2, 0.25) is 0 Å². The van der Waals surface area contributed by atoms with Crippen LogP contribution >= 0.6 is 11.3 Å². The van der Waals surface area contributed by atoms with Gasteiger partial charge < -0.3 is 11.1 Å². The number of benzene rings is 1. The number of rotatable bonds is 2. The van der Waals surface area contributed by atoms with Crippen LogP contribution < -0.4 is 11.1 Å². The maximum atomic E-state index is 13.3. The second-order valence-corrected chi connectivity index (χ2v) is 6.96. The summed E-state index contributed by atoms with van der Waals surface area (Å²) in [6, 6.07) is 7.87. The first-order valence-corrected chi connectivity index (χ1v) is 8.71. The quantitative estimate of drug-likeness (QED) is 0.736. The van der Waals surface area contributed by atoms with Gasteiger partial charge >= 0.3 is 0 Å². The van der Waals surface area contributed by atoms with Crippen LogP contribution in [0.3, 0.4) is 0 Å². The van der Waals surface area contributed by atoms with E-state index in [9.17, 15) is 9.18 Å². The van der Waals surface area contributed by atoms with Gasteiger partial charge in [-0.1, -0.05) is 6.07 Å². The standard InChI is InChI=1S/C18H16FN3OS/c19-11-5-3-6-12(9-11)21-17(23)16-15(20)13-8-10-4-1-2-7-14(10)22-18(13)24-16/h3,5-6,8-9H,1-2,4,7,20H2,(H,21,23). The van der Waals surface area contributed by atoms with Crippen LogP contribution in [0.4, 0.5) is 15.8 Å². The van der Waals surface area contributed by atoms with Gasteiger partial charge in [0.1, 0.15) is 15.5 Å². The fourth-order valence-corrected chi connectivity index (χ4v) is 4.07. The number of pyridine rings is 1. The van der Waals surface area contributed by atoms with Gasteiger partial charge in [0.15, 0.2) is 0 Å². The van der Waals surface area contributed by atoms with Crippen molar-refractivity contribution < 1.29 is 9.18 Å². The second kappa shape index (κ2) is 5.87. The third kappa shape index (κ3) is 2.63. The summed E-state index contributed by atoms with van der Waals surface area (Å²) >= 11 is 1.29. The number of halogens is 1. The van der Waals surface area contributed by atoms with Gasteiger partial charge in [0.25, 0.3) is 5.91 Å². The van der Waals surface area contributed by atoms with E-state index < -0.39 is 5.82 Å². The number of carbonyl (C=O) groups excluding carboxylic acids is 1. The SMILES string of the molecule is Nc1c(C(=O)Nc2cccc(F)c2)sc2nc3c(cc12)CCCC3. The molecule has 0 saturated carbocycles. The first-order chi connectivity index (χ1) is 11.6. The molecular formula is C18H16FN3OS. The molecule has 0 atom stereocenters. The number of fused-ring (bicyclic) bond motifs is 2. The first kappa shape index (κ1) is 15.1. The highest BCUT2D eigenvalue weighted by atomic mass is 32.1. The van der Waals surface area contributed by atoms with Crippen molar-refractivity contribution in [1.82, 2.24) is 4.98 Å². The normalized spacial score (nSPS) is 13.7. The lowest BCUT2D eigenvalue weighted by Crippen LogP contribution is -2.12. The maximum Gasteiger partial charge on any atom is 0.267 e. The van der Waals surface area contributed by atoms with E-state index in [1.807, 2.05) is 0 Å². The van der Waals surface area contributed by atoms with Crippen molar-refractivity contribution in [3.8, 4) is 0 Å². The van der Waals surface area contributed by atoms with Crippen molar-refractivity contribution in [2.24, 2.45) is 0 Å². The van der Waals surface area contributed by atoms with Crippen LogP contribution in [-0.4, -0.2) is 10.9 Å². The molecule has 4 rings (SSSR count). The van der Waals surface area contributed by atoms with E-state index in [0.717, 1.165) is 41.6 Å². The Hall–Kier alpha value is -2.47. The highest BCUT2D eigenvalue weighted by Gasteiger charge is 2.20. The van der Waals surface area contributed by atoms with Crippen molar-refractivity contribution in [2.45, 2.75) is 25.7 Å². The number of aryl methyl sites for hydroxylation is 2. The molecule has 0 bridgehead atoms. The number of nitrogens with one attached hydrogen (secondary N) is 1. The third-order valence-corrected chi connectivity index (χ3v) is 5.40. The van der Waals surface area contributed by atoms with Crippen molar-refractivity contribution in [3.63, 3.8) is 0 Å². The molecule has 1 aliphatic carbocycles. The number of amides is 1. The minimum absolute atomic E-state index is 0.334. The van der Waals surface area contributed by atoms with Crippen LogP contribution in [-0.2, 0) is 12.8 Å². The maximum absolute atomic E-state index is 13.3. The molecule has 3 N–H and O–H groups in total. The fourth-order valence-electron chi connectivity index (χ4n) is 3.08. The number of hydrogen-bond donors (Lipinski definition) is 2. The van der Waals surface area contributed by atoms with Gasteiger partial charge in [-0.25, -0.2) is 9.37 Å². The fraction of sp³-hybridized carbons (Fsp3) is 0.222. The van der Waals surface area contributed by atoms with E-state index in [-0.39, 0.29) is 5.91 Å². The number of nitrogen functional groups attached to an aromatic ring is 1. The van der Waals surface area contributed by atoms with Gasteiger partial charge in [-0.05, 0) is 55.5 Å². The molecule has 2 aromatic heterocycles. The van der Waals surface area contributed by atoms with Crippen LogP contribution in [0.1, 0.15) is 33.8 Å². The minimum atomic E-state index is -0.397.